The Labute approximate surface area is 182 Å². The Bertz CT molecular complexity index is 1070. The van der Waals surface area contributed by atoms with Crippen molar-refractivity contribution >= 4 is 29.2 Å². The van der Waals surface area contributed by atoms with Gasteiger partial charge in [0.25, 0.3) is 0 Å². The molecule has 0 bridgehead atoms. The normalized spacial score (nSPS) is 14.9. The van der Waals surface area contributed by atoms with Crippen molar-refractivity contribution in [1.82, 2.24) is 5.32 Å². The first-order chi connectivity index (χ1) is 15.0. The predicted octanol–water partition coefficient (Wildman–Crippen LogP) is 2.92. The van der Waals surface area contributed by atoms with E-state index in [0.717, 1.165) is 11.3 Å². The maximum absolute atomic E-state index is 13.0. The molecule has 0 saturated carbocycles. The van der Waals surface area contributed by atoms with Crippen LogP contribution in [0.25, 0.3) is 0 Å². The molecule has 3 N–H and O–H groups in total. The minimum atomic E-state index is -5.18. The first-order valence-corrected chi connectivity index (χ1v) is 9.83. The highest BCUT2D eigenvalue weighted by Gasteiger charge is 2.43. The predicted molar refractivity (Wildman–Crippen MR) is 111 cm³/mol. The number of primary amides is 1. The summed E-state index contributed by atoms with van der Waals surface area (Å²) in [6.45, 7) is 1.47. The van der Waals surface area contributed by atoms with Gasteiger partial charge in [-0.3, -0.25) is 9.59 Å². The van der Waals surface area contributed by atoms with E-state index < -0.39 is 24.0 Å². The van der Waals surface area contributed by atoms with E-state index in [4.69, 9.17) is 10.5 Å². The molecule has 7 nitrogen and oxygen atoms in total. The maximum Gasteiger partial charge on any atom is 0.491 e. The number of carbonyl (C=O) groups is 3. The van der Waals surface area contributed by atoms with Gasteiger partial charge in [0.1, 0.15) is 5.75 Å². The molecule has 170 valence electrons. The second-order valence-corrected chi connectivity index (χ2v) is 7.46. The van der Waals surface area contributed by atoms with Crippen LogP contribution < -0.4 is 20.7 Å². The van der Waals surface area contributed by atoms with E-state index in [2.05, 4.69) is 5.32 Å². The molecule has 1 aliphatic rings. The fourth-order valence-corrected chi connectivity index (χ4v) is 3.78. The molecular formula is C22H22F3N3O4. The van der Waals surface area contributed by atoms with Crippen LogP contribution in [0.1, 0.15) is 36.0 Å². The molecule has 1 unspecified atom stereocenters. The summed E-state index contributed by atoms with van der Waals surface area (Å²) >= 11 is 0. The number of halogens is 3. The number of hydrogen-bond donors (Lipinski definition) is 2. The zero-order valence-corrected chi connectivity index (χ0v) is 17.5. The zero-order chi connectivity index (χ0) is 23.6. The third-order valence-electron chi connectivity index (χ3n) is 5.32. The average Bonchev–Trinajstić information content (AvgIpc) is 2.74. The van der Waals surface area contributed by atoms with E-state index >= 15 is 0 Å². The van der Waals surface area contributed by atoms with Gasteiger partial charge in [-0.2, -0.15) is 13.2 Å². The van der Waals surface area contributed by atoms with E-state index in [-0.39, 0.29) is 36.6 Å². The SMILES string of the molecule is CC1c2ccccc2N(C)c2ccc(CCC(=O)NCC(N)=O)c(OC(=O)C(F)(F)F)c21. The van der Waals surface area contributed by atoms with Gasteiger partial charge in [-0.1, -0.05) is 31.2 Å². The van der Waals surface area contributed by atoms with Gasteiger partial charge in [0.2, 0.25) is 11.8 Å². The second-order valence-electron chi connectivity index (χ2n) is 7.46. The van der Waals surface area contributed by atoms with Crippen LogP contribution in [0, 0.1) is 0 Å². The van der Waals surface area contributed by atoms with Gasteiger partial charge < -0.3 is 20.7 Å². The zero-order valence-electron chi connectivity index (χ0n) is 17.5. The van der Waals surface area contributed by atoms with E-state index in [1.807, 2.05) is 36.1 Å². The summed E-state index contributed by atoms with van der Waals surface area (Å²) < 4.78 is 43.9. The number of rotatable bonds is 6. The Morgan fingerprint density at radius 3 is 2.47 bits per heavy atom. The summed E-state index contributed by atoms with van der Waals surface area (Å²) in [5.41, 5.74) is 8.04. The summed E-state index contributed by atoms with van der Waals surface area (Å²) in [7, 11) is 1.77. The summed E-state index contributed by atoms with van der Waals surface area (Å²) in [6.07, 6.45) is -5.32. The fourth-order valence-electron chi connectivity index (χ4n) is 3.78. The van der Waals surface area contributed by atoms with Crippen molar-refractivity contribution in [1.29, 1.82) is 0 Å². The summed E-state index contributed by atoms with van der Waals surface area (Å²) in [5, 5.41) is 2.32. The highest BCUT2D eigenvalue weighted by Crippen LogP contribution is 2.49. The van der Waals surface area contributed by atoms with Crippen LogP contribution in [0.3, 0.4) is 0 Å². The van der Waals surface area contributed by atoms with Gasteiger partial charge in [-0.25, -0.2) is 4.79 Å². The number of nitrogens with zero attached hydrogens (tertiary/aromatic N) is 1. The van der Waals surface area contributed by atoms with Crippen molar-refractivity contribution in [3.8, 4) is 5.75 Å². The first-order valence-electron chi connectivity index (χ1n) is 9.83. The van der Waals surface area contributed by atoms with Crippen LogP contribution in [0.5, 0.6) is 5.75 Å². The van der Waals surface area contributed by atoms with Gasteiger partial charge in [-0.05, 0) is 29.7 Å². The van der Waals surface area contributed by atoms with Crippen molar-refractivity contribution in [3.05, 3.63) is 53.1 Å². The van der Waals surface area contributed by atoms with Crippen LogP contribution in [0.2, 0.25) is 0 Å². The Balaban J connectivity index is 2.02. The van der Waals surface area contributed by atoms with E-state index in [0.29, 0.717) is 11.3 Å². The molecule has 3 rings (SSSR count). The average molecular weight is 449 g/mol. The molecule has 2 aromatic rings. The number of fused-ring (bicyclic) bond motifs is 2. The second kappa shape index (κ2) is 8.89. The van der Waals surface area contributed by atoms with E-state index in [1.165, 1.54) is 6.07 Å². The molecule has 1 heterocycles. The smallest absolute Gasteiger partial charge is 0.419 e. The largest absolute Gasteiger partial charge is 0.491 e. The summed E-state index contributed by atoms with van der Waals surface area (Å²) in [5.74, 6) is -4.13. The molecule has 0 radical (unpaired) electrons. The van der Waals surface area contributed by atoms with Gasteiger partial charge in [0.05, 0.1) is 6.54 Å². The van der Waals surface area contributed by atoms with Gasteiger partial charge in [0.15, 0.2) is 0 Å². The Kier molecular flexibility index (Phi) is 6.42. The quantitative estimate of drug-likeness (QED) is 0.522. The molecule has 0 spiro atoms. The number of nitrogens with one attached hydrogen (secondary N) is 1. The number of benzene rings is 2. The lowest BCUT2D eigenvalue weighted by atomic mass is 9.84. The fraction of sp³-hybridized carbons (Fsp3) is 0.318. The standard InChI is InChI=1S/C22H22F3N3O4/c1-12-14-5-3-4-6-15(14)28(2)16-9-7-13(8-10-18(30)27-11-17(26)29)20(19(12)16)32-21(31)22(23,24)25/h3-7,9,12H,8,10-11H2,1-2H3,(H2,26,29)(H,27,30). The van der Waals surface area contributed by atoms with Crippen molar-refractivity contribution in [2.24, 2.45) is 5.73 Å². The van der Waals surface area contributed by atoms with Crippen LogP contribution in [0.4, 0.5) is 24.5 Å². The molecule has 0 saturated heterocycles. The highest BCUT2D eigenvalue weighted by molar-refractivity contribution is 5.85. The molecule has 0 aliphatic carbocycles. The van der Waals surface area contributed by atoms with Crippen molar-refractivity contribution in [2.75, 3.05) is 18.5 Å². The number of ether oxygens (including phenoxy) is 1. The van der Waals surface area contributed by atoms with E-state index in [9.17, 15) is 27.6 Å². The lowest BCUT2D eigenvalue weighted by Gasteiger charge is -2.35. The minimum Gasteiger partial charge on any atom is -0.419 e. The number of alkyl halides is 3. The van der Waals surface area contributed by atoms with Crippen LogP contribution in [-0.4, -0.2) is 37.6 Å². The number of para-hydroxylation sites is 1. The molecule has 1 aliphatic heterocycles. The van der Waals surface area contributed by atoms with Crippen LogP contribution in [-0.2, 0) is 20.8 Å². The number of aryl methyl sites for hydroxylation is 1. The molecule has 2 aromatic carbocycles. The van der Waals surface area contributed by atoms with Gasteiger partial charge in [-0.15, -0.1) is 0 Å². The number of esters is 1. The molecule has 10 heteroatoms. The Morgan fingerprint density at radius 2 is 1.81 bits per heavy atom. The number of nitrogens with two attached hydrogens (primary N) is 1. The van der Waals surface area contributed by atoms with Crippen LogP contribution >= 0.6 is 0 Å². The Morgan fingerprint density at radius 1 is 1.12 bits per heavy atom. The minimum absolute atomic E-state index is 0.00354. The molecule has 1 atom stereocenters. The summed E-state index contributed by atoms with van der Waals surface area (Å²) in [4.78, 5) is 36.3. The topological polar surface area (TPSA) is 102 Å². The van der Waals surface area contributed by atoms with Crippen molar-refractivity contribution < 1.29 is 32.3 Å². The molecular weight excluding hydrogens is 427 g/mol. The lowest BCUT2D eigenvalue weighted by Crippen LogP contribution is -2.33. The maximum atomic E-state index is 13.0. The Hall–Kier alpha value is -3.56. The third kappa shape index (κ3) is 4.68. The molecule has 32 heavy (non-hydrogen) atoms. The lowest BCUT2D eigenvalue weighted by molar-refractivity contribution is -0.189. The first kappa shape index (κ1) is 23.1. The van der Waals surface area contributed by atoms with Crippen molar-refractivity contribution in [3.63, 3.8) is 0 Å². The molecule has 0 fully saturated rings. The van der Waals surface area contributed by atoms with Crippen molar-refractivity contribution in [2.45, 2.75) is 31.9 Å². The van der Waals surface area contributed by atoms with Crippen LogP contribution in [0.15, 0.2) is 36.4 Å². The van der Waals surface area contributed by atoms with Gasteiger partial charge in [0, 0.05) is 36.3 Å². The monoisotopic (exact) mass is 449 g/mol. The number of amides is 2. The number of carbonyl (C=O) groups excluding carboxylic acids is 3. The number of hydrogen-bond acceptors (Lipinski definition) is 5. The van der Waals surface area contributed by atoms with E-state index in [1.54, 1.807) is 13.1 Å². The highest BCUT2D eigenvalue weighted by atomic mass is 19.4. The number of anilines is 2. The summed E-state index contributed by atoms with van der Waals surface area (Å²) in [6, 6.07) is 10.7. The molecule has 0 aromatic heterocycles. The molecule has 2 amide bonds. The third-order valence-corrected chi connectivity index (χ3v) is 5.32. The van der Waals surface area contributed by atoms with Gasteiger partial charge >= 0.3 is 12.1 Å².